The molecule has 0 bridgehead atoms. The highest BCUT2D eigenvalue weighted by Gasteiger charge is 2.31. The zero-order valence-electron chi connectivity index (χ0n) is 19.6. The van der Waals surface area contributed by atoms with Crippen LogP contribution in [-0.2, 0) is 24.4 Å². The first kappa shape index (κ1) is 29.0. The molecule has 2 atom stereocenters. The lowest BCUT2D eigenvalue weighted by molar-refractivity contribution is -0.139. The largest absolute Gasteiger partial charge is 0.480 e. The van der Waals surface area contributed by atoms with Gasteiger partial charge in [0.2, 0.25) is 21.8 Å². The van der Waals surface area contributed by atoms with Crippen LogP contribution in [-0.4, -0.2) is 75.0 Å². The average Bonchev–Trinajstić information content (AvgIpc) is 2.86. The molecule has 3 rings (SSSR count). The van der Waals surface area contributed by atoms with Crippen molar-refractivity contribution in [2.75, 3.05) is 32.7 Å². The normalized spacial score (nSPS) is 19.9. The monoisotopic (exact) mass is 530 g/mol. The quantitative estimate of drug-likeness (QED) is 0.353. The number of benzene rings is 1. The summed E-state index contributed by atoms with van der Waals surface area (Å²) in [6.07, 6.45) is 4.78. The lowest BCUT2D eigenvalue weighted by Gasteiger charge is -2.33. The Morgan fingerprint density at radius 2 is 1.80 bits per heavy atom. The molecule has 2 aliphatic heterocycles. The Labute approximate surface area is 212 Å². The van der Waals surface area contributed by atoms with Crippen LogP contribution in [0, 0.1) is 11.8 Å². The summed E-state index contributed by atoms with van der Waals surface area (Å²) in [5.74, 6) is -1.60. The number of sulfonamides is 1. The number of likely N-dealkylation sites (tertiary alicyclic amines) is 1. The van der Waals surface area contributed by atoms with E-state index in [9.17, 15) is 27.9 Å². The van der Waals surface area contributed by atoms with Crippen molar-refractivity contribution in [2.24, 2.45) is 11.8 Å². The van der Waals surface area contributed by atoms with Crippen LogP contribution in [0.2, 0.25) is 0 Å². The van der Waals surface area contributed by atoms with E-state index in [4.69, 9.17) is 0 Å². The van der Waals surface area contributed by atoms with Gasteiger partial charge >= 0.3 is 5.97 Å². The molecule has 2 amide bonds. The fourth-order valence-corrected chi connectivity index (χ4v) is 5.67. The van der Waals surface area contributed by atoms with Crippen LogP contribution < -0.4 is 15.4 Å². The molecule has 196 valence electrons. The minimum Gasteiger partial charge on any atom is -0.480 e. The lowest BCUT2D eigenvalue weighted by atomic mass is 9.92. The van der Waals surface area contributed by atoms with E-state index in [-0.39, 0.29) is 35.7 Å². The van der Waals surface area contributed by atoms with E-state index in [1.165, 1.54) is 24.3 Å². The minimum absolute atomic E-state index is 0. The van der Waals surface area contributed by atoms with Gasteiger partial charge in [-0.1, -0.05) is 18.2 Å². The molecule has 0 aliphatic carbocycles. The second kappa shape index (κ2) is 13.8. The maximum atomic E-state index is 12.7. The number of hydrogen-bond donors (Lipinski definition) is 4. The minimum atomic E-state index is -4.05. The Morgan fingerprint density at radius 1 is 1.11 bits per heavy atom. The van der Waals surface area contributed by atoms with Crippen LogP contribution in [0.1, 0.15) is 38.5 Å². The summed E-state index contributed by atoms with van der Waals surface area (Å²) in [5, 5.41) is 15.3. The summed E-state index contributed by atoms with van der Waals surface area (Å²) in [7, 11) is -4.05. The number of carboxylic acid groups (broad SMARTS) is 1. The van der Waals surface area contributed by atoms with Gasteiger partial charge in [0.25, 0.3) is 0 Å². The van der Waals surface area contributed by atoms with Gasteiger partial charge in [-0.05, 0) is 63.2 Å². The molecule has 4 N–H and O–H groups in total. The molecule has 0 radical (unpaired) electrons. The smallest absolute Gasteiger partial charge is 0.323 e. The molecule has 0 saturated carbocycles. The standard InChI is InChI=1S/C23H34N4O6S.ClH/c28-21(9-8-17-10-12-24-13-11-17)27-14-4-5-18(16-27)22(29)25-15-20(23(30)31)26-34(32,33)19-6-2-1-3-7-19;/h1-3,6-7,17-18,20,24,26H,4-5,8-16H2,(H,25,29)(H,30,31);1H/t18-,20?;/m1./s1. The van der Waals surface area contributed by atoms with Crippen LogP contribution in [0.3, 0.4) is 0 Å². The van der Waals surface area contributed by atoms with Gasteiger partial charge < -0.3 is 20.6 Å². The molecule has 1 aromatic carbocycles. The van der Waals surface area contributed by atoms with E-state index in [2.05, 4.69) is 15.4 Å². The zero-order chi connectivity index (χ0) is 24.6. The number of amides is 2. The Kier molecular flexibility index (Phi) is 11.4. The lowest BCUT2D eigenvalue weighted by Crippen LogP contribution is -2.51. The Morgan fingerprint density at radius 3 is 2.46 bits per heavy atom. The highest BCUT2D eigenvalue weighted by Crippen LogP contribution is 2.21. The number of carbonyl (C=O) groups excluding carboxylic acids is 2. The summed E-state index contributed by atoms with van der Waals surface area (Å²) in [6.45, 7) is 2.50. The van der Waals surface area contributed by atoms with Gasteiger partial charge in [-0.2, -0.15) is 4.72 Å². The van der Waals surface area contributed by atoms with E-state index in [1.807, 2.05) is 0 Å². The maximum absolute atomic E-state index is 12.7. The predicted octanol–water partition coefficient (Wildman–Crippen LogP) is 0.975. The van der Waals surface area contributed by atoms with Crippen molar-refractivity contribution >= 4 is 40.2 Å². The topological polar surface area (TPSA) is 145 Å². The first-order chi connectivity index (χ1) is 16.3. The molecular formula is C23H35ClN4O6S. The number of carbonyl (C=O) groups is 3. The van der Waals surface area contributed by atoms with Crippen molar-refractivity contribution in [3.63, 3.8) is 0 Å². The van der Waals surface area contributed by atoms with Gasteiger partial charge in [0.1, 0.15) is 6.04 Å². The molecule has 2 fully saturated rings. The number of rotatable bonds is 10. The third-order valence-corrected chi connectivity index (χ3v) is 7.99. The molecule has 10 nitrogen and oxygen atoms in total. The van der Waals surface area contributed by atoms with Crippen molar-refractivity contribution in [2.45, 2.75) is 49.5 Å². The van der Waals surface area contributed by atoms with Gasteiger partial charge in [-0.15, -0.1) is 12.4 Å². The molecule has 2 saturated heterocycles. The molecule has 2 heterocycles. The molecular weight excluding hydrogens is 496 g/mol. The highest BCUT2D eigenvalue weighted by atomic mass is 35.5. The van der Waals surface area contributed by atoms with Crippen molar-refractivity contribution in [3.05, 3.63) is 30.3 Å². The molecule has 0 spiro atoms. The van der Waals surface area contributed by atoms with E-state index < -0.39 is 28.0 Å². The Hall–Kier alpha value is -2.21. The maximum Gasteiger partial charge on any atom is 0.323 e. The van der Waals surface area contributed by atoms with Crippen molar-refractivity contribution < 1.29 is 27.9 Å². The summed E-state index contributed by atoms with van der Waals surface area (Å²) < 4.78 is 27.0. The van der Waals surface area contributed by atoms with Crippen LogP contribution in [0.4, 0.5) is 0 Å². The molecule has 35 heavy (non-hydrogen) atoms. The van der Waals surface area contributed by atoms with Crippen molar-refractivity contribution in [1.29, 1.82) is 0 Å². The van der Waals surface area contributed by atoms with Crippen LogP contribution >= 0.6 is 12.4 Å². The molecule has 2 aliphatic rings. The Balaban J connectivity index is 0.00000432. The SMILES string of the molecule is Cl.O=C(O)C(CNC(=O)[C@@H]1CCCN(C(=O)CCC2CCNCC2)C1)NS(=O)(=O)c1ccccc1. The number of aliphatic carboxylic acids is 1. The first-order valence-electron chi connectivity index (χ1n) is 11.8. The van der Waals surface area contributed by atoms with E-state index in [0.29, 0.717) is 38.3 Å². The second-order valence-corrected chi connectivity index (χ2v) is 10.7. The van der Waals surface area contributed by atoms with Gasteiger partial charge in [-0.25, -0.2) is 8.42 Å². The number of halogens is 1. The zero-order valence-corrected chi connectivity index (χ0v) is 21.3. The number of piperidine rings is 2. The van der Waals surface area contributed by atoms with E-state index in [1.54, 1.807) is 11.0 Å². The third kappa shape index (κ3) is 8.75. The first-order valence-corrected chi connectivity index (χ1v) is 13.3. The second-order valence-electron chi connectivity index (χ2n) is 8.98. The van der Waals surface area contributed by atoms with Crippen LogP contribution in [0.5, 0.6) is 0 Å². The van der Waals surface area contributed by atoms with Gasteiger partial charge in [-0.3, -0.25) is 14.4 Å². The van der Waals surface area contributed by atoms with Gasteiger partial charge in [0, 0.05) is 26.1 Å². The molecule has 0 aromatic heterocycles. The Bertz CT molecular complexity index is 956. The predicted molar refractivity (Wildman–Crippen MR) is 133 cm³/mol. The van der Waals surface area contributed by atoms with Crippen molar-refractivity contribution in [1.82, 2.24) is 20.3 Å². The highest BCUT2D eigenvalue weighted by molar-refractivity contribution is 7.89. The van der Waals surface area contributed by atoms with Crippen molar-refractivity contribution in [3.8, 4) is 0 Å². The van der Waals surface area contributed by atoms with Crippen LogP contribution in [0.15, 0.2) is 35.2 Å². The molecule has 1 unspecified atom stereocenters. The number of nitrogens with zero attached hydrogens (tertiary/aromatic N) is 1. The fourth-order valence-electron chi connectivity index (χ4n) is 4.46. The fraction of sp³-hybridized carbons (Fsp3) is 0.609. The third-order valence-electron chi connectivity index (χ3n) is 6.50. The summed E-state index contributed by atoms with van der Waals surface area (Å²) in [4.78, 5) is 38.7. The number of nitrogens with one attached hydrogen (secondary N) is 3. The van der Waals surface area contributed by atoms with Crippen LogP contribution in [0.25, 0.3) is 0 Å². The van der Waals surface area contributed by atoms with Gasteiger partial charge in [0.15, 0.2) is 0 Å². The van der Waals surface area contributed by atoms with E-state index in [0.717, 1.165) is 32.4 Å². The summed E-state index contributed by atoms with van der Waals surface area (Å²) >= 11 is 0. The van der Waals surface area contributed by atoms with E-state index >= 15 is 0 Å². The summed E-state index contributed by atoms with van der Waals surface area (Å²) in [6, 6.07) is 5.93. The molecule has 12 heteroatoms. The van der Waals surface area contributed by atoms with Gasteiger partial charge in [0.05, 0.1) is 10.8 Å². The average molecular weight is 531 g/mol. The number of hydrogen-bond acceptors (Lipinski definition) is 6. The summed E-state index contributed by atoms with van der Waals surface area (Å²) in [5.41, 5.74) is 0. The number of carboxylic acids is 1. The molecule has 1 aromatic rings.